The van der Waals surface area contributed by atoms with E-state index >= 15 is 0 Å². The molecule has 2 nitrogen and oxygen atoms in total. The Balaban J connectivity index is 1.65. The lowest BCUT2D eigenvalue weighted by atomic mass is 9.88. The van der Waals surface area contributed by atoms with Gasteiger partial charge < -0.3 is 0 Å². The molecule has 0 amide bonds. The van der Waals surface area contributed by atoms with Gasteiger partial charge in [0.05, 0.1) is 0 Å². The minimum absolute atomic E-state index is 0.279. The van der Waals surface area contributed by atoms with Crippen LogP contribution in [0.3, 0.4) is 0 Å². The standard InChI is InChI=1S/C30H18F2N2/c31-27-11-3-7-19-5-1-9-23(29(19)27)21-13-15-33-17-25(21)26-18-34-16-14-22(26)24-10-2-6-20-8-4-12-28(32)30(20)24/h1-18H. The minimum atomic E-state index is -0.279. The van der Waals surface area contributed by atoms with Gasteiger partial charge in [0, 0.05) is 46.7 Å². The number of aromatic nitrogens is 2. The van der Waals surface area contributed by atoms with E-state index in [0.717, 1.165) is 44.2 Å². The van der Waals surface area contributed by atoms with Gasteiger partial charge in [-0.05, 0) is 57.3 Å². The first-order chi connectivity index (χ1) is 16.7. The third-order valence-corrected chi connectivity index (χ3v) is 6.22. The molecule has 2 aromatic heterocycles. The molecule has 0 saturated heterocycles. The molecule has 34 heavy (non-hydrogen) atoms. The molecule has 0 atom stereocenters. The maximum atomic E-state index is 15.0. The highest BCUT2D eigenvalue weighted by atomic mass is 19.1. The lowest BCUT2D eigenvalue weighted by Gasteiger charge is -2.16. The van der Waals surface area contributed by atoms with E-state index in [1.54, 1.807) is 36.9 Å². The van der Waals surface area contributed by atoms with E-state index in [2.05, 4.69) is 9.97 Å². The van der Waals surface area contributed by atoms with Crippen molar-refractivity contribution in [1.82, 2.24) is 9.97 Å². The molecule has 0 radical (unpaired) electrons. The highest BCUT2D eigenvalue weighted by molar-refractivity contribution is 6.04. The predicted octanol–water partition coefficient (Wildman–Crippen LogP) is 8.06. The van der Waals surface area contributed by atoms with Crippen LogP contribution >= 0.6 is 0 Å². The summed E-state index contributed by atoms with van der Waals surface area (Å²) in [4.78, 5) is 8.74. The van der Waals surface area contributed by atoms with Gasteiger partial charge >= 0.3 is 0 Å². The van der Waals surface area contributed by atoms with Crippen molar-refractivity contribution in [3.05, 3.63) is 121 Å². The number of pyridine rings is 2. The summed E-state index contributed by atoms with van der Waals surface area (Å²) in [5, 5.41) is 2.75. The first kappa shape index (κ1) is 20.2. The van der Waals surface area contributed by atoms with Crippen LogP contribution in [0.5, 0.6) is 0 Å². The Hall–Kier alpha value is -4.44. The quantitative estimate of drug-likeness (QED) is 0.276. The molecule has 6 rings (SSSR count). The fraction of sp³-hybridized carbons (Fsp3) is 0. The van der Waals surface area contributed by atoms with Crippen LogP contribution in [-0.2, 0) is 0 Å². The normalized spacial score (nSPS) is 11.2. The monoisotopic (exact) mass is 444 g/mol. The van der Waals surface area contributed by atoms with Crippen molar-refractivity contribution in [1.29, 1.82) is 0 Å². The van der Waals surface area contributed by atoms with Crippen LogP contribution in [0.1, 0.15) is 0 Å². The number of hydrogen-bond donors (Lipinski definition) is 0. The molecule has 6 aromatic rings. The molecule has 4 aromatic carbocycles. The van der Waals surface area contributed by atoms with Crippen LogP contribution in [-0.4, -0.2) is 9.97 Å². The third-order valence-electron chi connectivity index (χ3n) is 6.22. The molecule has 0 aliphatic heterocycles. The van der Waals surface area contributed by atoms with Gasteiger partial charge in [-0.2, -0.15) is 0 Å². The van der Waals surface area contributed by atoms with Gasteiger partial charge in [-0.15, -0.1) is 0 Å². The summed E-state index contributed by atoms with van der Waals surface area (Å²) in [6.07, 6.45) is 6.92. The van der Waals surface area contributed by atoms with Gasteiger partial charge in [0.2, 0.25) is 0 Å². The van der Waals surface area contributed by atoms with Gasteiger partial charge in [-0.3, -0.25) is 9.97 Å². The van der Waals surface area contributed by atoms with Crippen molar-refractivity contribution >= 4 is 21.5 Å². The van der Waals surface area contributed by atoms with Crippen molar-refractivity contribution in [2.45, 2.75) is 0 Å². The van der Waals surface area contributed by atoms with Gasteiger partial charge in [0.1, 0.15) is 11.6 Å². The largest absolute Gasteiger partial charge is 0.264 e. The number of rotatable bonds is 3. The van der Waals surface area contributed by atoms with Gasteiger partial charge in [0.25, 0.3) is 0 Å². The second kappa shape index (κ2) is 8.16. The number of benzene rings is 4. The zero-order valence-corrected chi connectivity index (χ0v) is 18.0. The van der Waals surface area contributed by atoms with Crippen molar-refractivity contribution in [2.75, 3.05) is 0 Å². The first-order valence-corrected chi connectivity index (χ1v) is 11.0. The predicted molar refractivity (Wildman–Crippen MR) is 133 cm³/mol. The number of nitrogens with zero attached hydrogens (tertiary/aromatic N) is 2. The molecule has 4 heteroatoms. The van der Waals surface area contributed by atoms with Crippen molar-refractivity contribution in [3.8, 4) is 33.4 Å². The average molecular weight is 444 g/mol. The smallest absolute Gasteiger partial charge is 0.131 e. The zero-order valence-electron chi connectivity index (χ0n) is 18.0. The molecule has 0 N–H and O–H groups in total. The third kappa shape index (κ3) is 3.23. The van der Waals surface area contributed by atoms with Crippen LogP contribution in [0, 0.1) is 11.6 Å². The van der Waals surface area contributed by atoms with E-state index in [4.69, 9.17) is 0 Å². The molecule has 2 heterocycles. The summed E-state index contributed by atoms with van der Waals surface area (Å²) < 4.78 is 29.9. The van der Waals surface area contributed by atoms with E-state index in [1.165, 1.54) is 12.1 Å². The zero-order chi connectivity index (χ0) is 23.1. The fourth-order valence-electron chi connectivity index (χ4n) is 4.73. The van der Waals surface area contributed by atoms with Crippen LogP contribution in [0.4, 0.5) is 8.78 Å². The Bertz CT molecular complexity index is 1550. The summed E-state index contributed by atoms with van der Waals surface area (Å²) >= 11 is 0. The first-order valence-electron chi connectivity index (χ1n) is 11.0. The molecule has 0 aliphatic rings. The lowest BCUT2D eigenvalue weighted by molar-refractivity contribution is 0.639. The molecule has 0 unspecified atom stereocenters. The Morgan fingerprint density at radius 2 is 0.824 bits per heavy atom. The minimum Gasteiger partial charge on any atom is -0.264 e. The van der Waals surface area contributed by atoms with Crippen molar-refractivity contribution in [3.63, 3.8) is 0 Å². The van der Waals surface area contributed by atoms with E-state index in [-0.39, 0.29) is 11.6 Å². The summed E-state index contributed by atoms with van der Waals surface area (Å²) in [6.45, 7) is 0. The SMILES string of the molecule is Fc1cccc2cccc(-c3ccncc3-c3cnccc3-c3cccc4cccc(F)c34)c12. The number of halogens is 2. The molecule has 0 fully saturated rings. The molecule has 0 aliphatic carbocycles. The Kier molecular flexibility index (Phi) is 4.84. The van der Waals surface area contributed by atoms with Crippen LogP contribution in [0.25, 0.3) is 54.9 Å². The summed E-state index contributed by atoms with van der Waals surface area (Å²) in [5.41, 5.74) is 4.81. The molecule has 0 bridgehead atoms. The van der Waals surface area contributed by atoms with E-state index in [1.807, 2.05) is 60.7 Å². The maximum absolute atomic E-state index is 15.0. The van der Waals surface area contributed by atoms with Gasteiger partial charge in [0.15, 0.2) is 0 Å². The molecular weight excluding hydrogens is 426 g/mol. The Morgan fingerprint density at radius 3 is 1.26 bits per heavy atom. The number of hydrogen-bond acceptors (Lipinski definition) is 2. The van der Waals surface area contributed by atoms with Crippen LogP contribution < -0.4 is 0 Å². The van der Waals surface area contributed by atoms with Crippen molar-refractivity contribution in [2.24, 2.45) is 0 Å². The highest BCUT2D eigenvalue weighted by Crippen LogP contribution is 2.41. The van der Waals surface area contributed by atoms with E-state index in [9.17, 15) is 8.78 Å². The topological polar surface area (TPSA) is 25.8 Å². The molecule has 0 saturated carbocycles. The average Bonchev–Trinajstić information content (AvgIpc) is 2.88. The number of fused-ring (bicyclic) bond motifs is 2. The Labute approximate surface area is 195 Å². The van der Waals surface area contributed by atoms with Gasteiger partial charge in [-0.25, -0.2) is 8.78 Å². The lowest BCUT2D eigenvalue weighted by Crippen LogP contribution is -1.94. The summed E-state index contributed by atoms with van der Waals surface area (Å²) in [6, 6.07) is 25.4. The molecule has 162 valence electrons. The van der Waals surface area contributed by atoms with Crippen LogP contribution in [0.15, 0.2) is 110 Å². The molecular formula is C30H18F2N2. The van der Waals surface area contributed by atoms with E-state index < -0.39 is 0 Å². The second-order valence-corrected chi connectivity index (χ2v) is 8.13. The van der Waals surface area contributed by atoms with E-state index in [0.29, 0.717) is 10.8 Å². The highest BCUT2D eigenvalue weighted by Gasteiger charge is 2.18. The summed E-state index contributed by atoms with van der Waals surface area (Å²) in [5.74, 6) is -0.559. The van der Waals surface area contributed by atoms with Gasteiger partial charge in [-0.1, -0.05) is 60.7 Å². The fourth-order valence-corrected chi connectivity index (χ4v) is 4.73. The van der Waals surface area contributed by atoms with Crippen molar-refractivity contribution < 1.29 is 8.78 Å². The second-order valence-electron chi connectivity index (χ2n) is 8.13. The summed E-state index contributed by atoms with van der Waals surface area (Å²) in [7, 11) is 0. The Morgan fingerprint density at radius 1 is 0.412 bits per heavy atom. The molecule has 0 spiro atoms. The maximum Gasteiger partial charge on any atom is 0.131 e. The van der Waals surface area contributed by atoms with Crippen LogP contribution in [0.2, 0.25) is 0 Å².